The summed E-state index contributed by atoms with van der Waals surface area (Å²) in [4.78, 5) is 37.5. The number of hydrogen-bond acceptors (Lipinski definition) is 6. The predicted octanol–water partition coefficient (Wildman–Crippen LogP) is 1.82. The number of nitrogens with one attached hydrogen (secondary N) is 1. The van der Waals surface area contributed by atoms with E-state index >= 15 is 0 Å². The first-order chi connectivity index (χ1) is 11.8. The van der Waals surface area contributed by atoms with E-state index in [9.17, 15) is 9.59 Å². The standard InChI is InChI=1S/C18H18N4O3/c1-17(2,3)25-15(23)11-4-10-5-18(6-13(10)20-7-11)12-8-19-9-21-14(12)22-16(18)24/h4,7-9H,5-6H2,1-3H3,(H,19,21,22,24)/t18-/m0/s1. The molecule has 1 atom stereocenters. The van der Waals surface area contributed by atoms with Gasteiger partial charge >= 0.3 is 5.97 Å². The van der Waals surface area contributed by atoms with Crippen LogP contribution < -0.4 is 5.32 Å². The number of pyridine rings is 1. The number of rotatable bonds is 1. The molecule has 0 unspecified atom stereocenters. The molecule has 0 saturated heterocycles. The Balaban J connectivity index is 1.68. The van der Waals surface area contributed by atoms with E-state index in [1.165, 1.54) is 12.5 Å². The number of carbonyl (C=O) groups is 2. The third kappa shape index (κ3) is 2.47. The molecule has 4 rings (SSSR count). The van der Waals surface area contributed by atoms with Crippen LogP contribution in [0.25, 0.3) is 0 Å². The molecule has 3 heterocycles. The van der Waals surface area contributed by atoms with Crippen LogP contribution in [0.2, 0.25) is 0 Å². The van der Waals surface area contributed by atoms with E-state index in [1.54, 1.807) is 12.3 Å². The van der Waals surface area contributed by atoms with Gasteiger partial charge in [0.15, 0.2) is 0 Å². The van der Waals surface area contributed by atoms with Gasteiger partial charge in [0.2, 0.25) is 5.91 Å². The molecule has 0 radical (unpaired) electrons. The Morgan fingerprint density at radius 3 is 2.80 bits per heavy atom. The van der Waals surface area contributed by atoms with E-state index in [0.717, 1.165) is 16.8 Å². The maximum atomic E-state index is 12.6. The van der Waals surface area contributed by atoms with Crippen molar-refractivity contribution in [2.45, 2.75) is 44.6 Å². The van der Waals surface area contributed by atoms with Crippen molar-refractivity contribution in [1.29, 1.82) is 0 Å². The van der Waals surface area contributed by atoms with Crippen LogP contribution >= 0.6 is 0 Å². The van der Waals surface area contributed by atoms with E-state index in [-0.39, 0.29) is 5.91 Å². The van der Waals surface area contributed by atoms with E-state index in [1.807, 2.05) is 20.8 Å². The van der Waals surface area contributed by atoms with Crippen molar-refractivity contribution in [2.75, 3.05) is 5.32 Å². The molecule has 1 spiro atoms. The number of fused-ring (bicyclic) bond motifs is 3. The number of ether oxygens (including phenoxy) is 1. The first-order valence-electron chi connectivity index (χ1n) is 8.12. The maximum absolute atomic E-state index is 12.6. The molecular formula is C18H18N4O3. The number of esters is 1. The quantitative estimate of drug-likeness (QED) is 0.797. The van der Waals surface area contributed by atoms with Gasteiger partial charge in [0, 0.05) is 30.1 Å². The lowest BCUT2D eigenvalue weighted by molar-refractivity contribution is -0.120. The van der Waals surface area contributed by atoms with Gasteiger partial charge in [-0.3, -0.25) is 9.78 Å². The summed E-state index contributed by atoms with van der Waals surface area (Å²) in [6.45, 7) is 5.46. The lowest BCUT2D eigenvalue weighted by Gasteiger charge is -2.19. The van der Waals surface area contributed by atoms with Crippen molar-refractivity contribution >= 4 is 17.7 Å². The van der Waals surface area contributed by atoms with Gasteiger partial charge in [0.1, 0.15) is 17.7 Å². The fourth-order valence-electron chi connectivity index (χ4n) is 3.45. The van der Waals surface area contributed by atoms with Gasteiger partial charge in [0.25, 0.3) is 0 Å². The molecule has 0 bridgehead atoms. The number of hydrogen-bond donors (Lipinski definition) is 1. The predicted molar refractivity (Wildman–Crippen MR) is 89.2 cm³/mol. The van der Waals surface area contributed by atoms with Crippen LogP contribution in [0.5, 0.6) is 0 Å². The summed E-state index contributed by atoms with van der Waals surface area (Å²) in [5.41, 5.74) is 1.58. The van der Waals surface area contributed by atoms with Crippen LogP contribution in [0.1, 0.15) is 48.0 Å². The third-order valence-electron chi connectivity index (χ3n) is 4.55. The van der Waals surface area contributed by atoms with Gasteiger partial charge in [-0.15, -0.1) is 0 Å². The molecule has 7 nitrogen and oxygen atoms in total. The summed E-state index contributed by atoms with van der Waals surface area (Å²) in [5, 5.41) is 2.82. The highest BCUT2D eigenvalue weighted by Gasteiger charge is 2.52. The average molecular weight is 338 g/mol. The Kier molecular flexibility index (Phi) is 3.19. The summed E-state index contributed by atoms with van der Waals surface area (Å²) in [6, 6.07) is 1.78. The van der Waals surface area contributed by atoms with E-state index < -0.39 is 17.0 Å². The molecule has 1 aliphatic heterocycles. The molecule has 1 aliphatic carbocycles. The second kappa shape index (κ2) is 5.08. The van der Waals surface area contributed by atoms with E-state index in [4.69, 9.17) is 4.74 Å². The first kappa shape index (κ1) is 15.7. The SMILES string of the molecule is CC(C)(C)OC(=O)c1cnc2c(c1)C[C@@]1(C2)C(=O)Nc2ncncc21. The van der Waals surface area contributed by atoms with Gasteiger partial charge in [0.05, 0.1) is 11.0 Å². The molecule has 2 aromatic heterocycles. The third-order valence-corrected chi connectivity index (χ3v) is 4.55. The normalized spacial score (nSPS) is 21.0. The van der Waals surface area contributed by atoms with Gasteiger partial charge in [-0.25, -0.2) is 14.8 Å². The molecular weight excluding hydrogens is 320 g/mol. The number of carbonyl (C=O) groups excluding carboxylic acids is 2. The van der Waals surface area contributed by atoms with Gasteiger partial charge in [-0.1, -0.05) is 0 Å². The Hall–Kier alpha value is -2.83. The van der Waals surface area contributed by atoms with Crippen LogP contribution in [0.15, 0.2) is 24.8 Å². The van der Waals surface area contributed by atoms with Crippen LogP contribution in [0.4, 0.5) is 5.82 Å². The Labute approximate surface area is 144 Å². The maximum Gasteiger partial charge on any atom is 0.340 e. The van der Waals surface area contributed by atoms with Gasteiger partial charge in [-0.2, -0.15) is 0 Å². The smallest absolute Gasteiger partial charge is 0.340 e. The van der Waals surface area contributed by atoms with Crippen LogP contribution in [-0.4, -0.2) is 32.4 Å². The minimum Gasteiger partial charge on any atom is -0.456 e. The van der Waals surface area contributed by atoms with Crippen molar-refractivity contribution in [3.8, 4) is 0 Å². The zero-order chi connectivity index (χ0) is 17.8. The summed E-state index contributed by atoms with van der Waals surface area (Å²) in [6.07, 6.45) is 5.56. The fraction of sp³-hybridized carbons (Fsp3) is 0.389. The minimum absolute atomic E-state index is 0.0974. The number of aromatic nitrogens is 3. The lowest BCUT2D eigenvalue weighted by Crippen LogP contribution is -2.35. The van der Waals surface area contributed by atoms with Crippen molar-refractivity contribution in [3.05, 3.63) is 47.2 Å². The highest BCUT2D eigenvalue weighted by molar-refractivity contribution is 6.06. The zero-order valence-electron chi connectivity index (χ0n) is 14.3. The van der Waals surface area contributed by atoms with E-state index in [0.29, 0.717) is 24.2 Å². The van der Waals surface area contributed by atoms with Crippen molar-refractivity contribution in [1.82, 2.24) is 15.0 Å². The monoisotopic (exact) mass is 338 g/mol. The highest BCUT2D eigenvalue weighted by Crippen LogP contribution is 2.45. The van der Waals surface area contributed by atoms with Crippen LogP contribution in [-0.2, 0) is 27.8 Å². The topological polar surface area (TPSA) is 94.1 Å². The second-order valence-electron chi connectivity index (χ2n) is 7.51. The molecule has 7 heteroatoms. The summed E-state index contributed by atoms with van der Waals surface area (Å²) in [5.74, 6) is 0.0448. The van der Waals surface area contributed by atoms with Crippen molar-refractivity contribution in [2.24, 2.45) is 0 Å². The second-order valence-corrected chi connectivity index (χ2v) is 7.51. The minimum atomic E-state index is -0.738. The Morgan fingerprint density at radius 2 is 2.04 bits per heavy atom. The van der Waals surface area contributed by atoms with Crippen molar-refractivity contribution < 1.29 is 14.3 Å². The van der Waals surface area contributed by atoms with Gasteiger partial charge in [-0.05, 0) is 38.8 Å². The molecule has 25 heavy (non-hydrogen) atoms. The molecule has 2 aliphatic rings. The Morgan fingerprint density at radius 1 is 1.24 bits per heavy atom. The molecule has 0 fully saturated rings. The Bertz CT molecular complexity index is 903. The lowest BCUT2D eigenvalue weighted by atomic mass is 9.80. The van der Waals surface area contributed by atoms with Gasteiger partial charge < -0.3 is 10.1 Å². The number of amides is 1. The largest absolute Gasteiger partial charge is 0.456 e. The average Bonchev–Trinajstić information content (AvgIpc) is 3.04. The first-order valence-corrected chi connectivity index (χ1v) is 8.12. The fourth-order valence-corrected chi connectivity index (χ4v) is 3.45. The van der Waals surface area contributed by atoms with Crippen LogP contribution in [0.3, 0.4) is 0 Å². The zero-order valence-corrected chi connectivity index (χ0v) is 14.3. The van der Waals surface area contributed by atoms with Crippen molar-refractivity contribution in [3.63, 3.8) is 0 Å². The molecule has 128 valence electrons. The molecule has 0 aromatic carbocycles. The molecule has 1 amide bonds. The summed E-state index contributed by atoms with van der Waals surface area (Å²) in [7, 11) is 0. The molecule has 1 N–H and O–H groups in total. The number of anilines is 1. The van der Waals surface area contributed by atoms with Crippen LogP contribution in [0, 0.1) is 0 Å². The molecule has 0 saturated carbocycles. The number of nitrogens with zero attached hydrogens (tertiary/aromatic N) is 3. The summed E-state index contributed by atoms with van der Waals surface area (Å²) >= 11 is 0. The van der Waals surface area contributed by atoms with E-state index in [2.05, 4.69) is 20.3 Å². The summed E-state index contributed by atoms with van der Waals surface area (Å²) < 4.78 is 5.40. The highest BCUT2D eigenvalue weighted by atomic mass is 16.6. The molecule has 2 aromatic rings.